The van der Waals surface area contributed by atoms with Gasteiger partial charge in [-0.1, -0.05) is 160 Å². The van der Waals surface area contributed by atoms with Crippen molar-refractivity contribution in [1.29, 1.82) is 0 Å². The normalized spacial score (nSPS) is 11.3. The maximum Gasteiger partial charge on any atom is 0.121 e. The van der Waals surface area contributed by atoms with E-state index in [1.165, 1.54) is 51.2 Å². The molecule has 0 fully saturated rings. The molecule has 1 radical (unpaired) electrons. The zero-order chi connectivity index (χ0) is 44.4. The van der Waals surface area contributed by atoms with Crippen molar-refractivity contribution in [3.63, 3.8) is 0 Å². The van der Waals surface area contributed by atoms with Crippen LogP contribution in [0, 0.1) is 17.9 Å². The van der Waals surface area contributed by atoms with Gasteiger partial charge in [0.1, 0.15) is 5.58 Å². The predicted molar refractivity (Wildman–Crippen MR) is 266 cm³/mol. The minimum atomic E-state index is -0.278. The second-order valence-corrected chi connectivity index (χ2v) is 16.9. The van der Waals surface area contributed by atoms with E-state index in [0.29, 0.717) is 0 Å². The zero-order valence-electron chi connectivity index (χ0n) is 37.1. The number of rotatable bonds is 8. The van der Waals surface area contributed by atoms with Crippen LogP contribution in [0.15, 0.2) is 199 Å². The Kier molecular flexibility index (Phi) is 12.7. The van der Waals surface area contributed by atoms with E-state index >= 15 is 0 Å². The molecule has 325 valence electrons. The van der Waals surface area contributed by atoms with Crippen LogP contribution in [0.1, 0.15) is 50.7 Å². The first-order chi connectivity index (χ1) is 31.8. The second kappa shape index (κ2) is 19.1. The van der Waals surface area contributed by atoms with Gasteiger partial charge in [-0.25, -0.2) is 0 Å². The monoisotopic (exact) mass is 1040 g/mol. The maximum atomic E-state index is 12.6. The summed E-state index contributed by atoms with van der Waals surface area (Å²) >= 11 is 0. The van der Waals surface area contributed by atoms with Gasteiger partial charge >= 0.3 is 0 Å². The summed E-state index contributed by atoms with van der Waals surface area (Å²) in [5, 5.41) is 2.14. The van der Waals surface area contributed by atoms with E-state index in [4.69, 9.17) is 9.40 Å². The van der Waals surface area contributed by atoms with Crippen LogP contribution >= 0.6 is 0 Å². The van der Waals surface area contributed by atoms with E-state index in [2.05, 4.69) is 189 Å². The van der Waals surface area contributed by atoms with Gasteiger partial charge in [0.2, 0.25) is 0 Å². The molecule has 4 nitrogen and oxygen atoms in total. The molecule has 0 unspecified atom stereocenters. The summed E-state index contributed by atoms with van der Waals surface area (Å²) in [7, 11) is 0. The molecule has 11 rings (SSSR count). The first kappa shape index (κ1) is 44.0. The van der Waals surface area contributed by atoms with Gasteiger partial charge in [0.05, 0.1) is 22.4 Å². The van der Waals surface area contributed by atoms with Crippen molar-refractivity contribution in [1.82, 2.24) is 14.5 Å². The van der Waals surface area contributed by atoms with Gasteiger partial charge in [-0.2, -0.15) is 0 Å². The third-order valence-electron chi connectivity index (χ3n) is 12.0. The van der Waals surface area contributed by atoms with Crippen LogP contribution in [-0.4, -0.2) is 14.5 Å². The summed E-state index contributed by atoms with van der Waals surface area (Å²) in [6.07, 6.45) is 1.70. The molecule has 0 amide bonds. The standard InChI is InChI=1S/C49H39N2O.C11H7FN.Ir/c1-31(2)42-28-38(36-24-22-35(23-25-36)33-14-7-5-8-15-33)29-43(32(3)4)47(42)51-45-21-12-11-20-44(45)50-49(51)41-19-13-18-40-39-27-26-37(30-46(39)52-48(40)41)34-16-9-6-10-17-34;12-10-6-4-9(5-7-10)11-3-1-2-8-13-11;/h5-18,20-32H,1-4H3;1-4,6-8H;/q2*-1;. The number of pyridine rings is 1. The first-order valence-corrected chi connectivity index (χ1v) is 22.1. The third kappa shape index (κ3) is 8.66. The number of halogens is 1. The molecule has 0 spiro atoms. The van der Waals surface area contributed by atoms with Gasteiger partial charge in [-0.3, -0.25) is 9.37 Å². The number of hydrogen-bond donors (Lipinski definition) is 0. The minimum Gasteiger partial charge on any atom is -0.501 e. The fourth-order valence-corrected chi connectivity index (χ4v) is 8.70. The van der Waals surface area contributed by atoms with Gasteiger partial charge in [-0.05, 0) is 98.4 Å². The van der Waals surface area contributed by atoms with Crippen LogP contribution in [0.3, 0.4) is 0 Å². The van der Waals surface area contributed by atoms with Crippen LogP contribution in [-0.2, 0) is 20.1 Å². The number of para-hydroxylation sites is 2. The molecule has 3 aromatic heterocycles. The Morgan fingerprint density at radius 3 is 1.80 bits per heavy atom. The summed E-state index contributed by atoms with van der Waals surface area (Å²) in [6.45, 7) is 9.17. The summed E-state index contributed by atoms with van der Waals surface area (Å²) in [5.41, 5.74) is 17.0. The molecule has 0 atom stereocenters. The largest absolute Gasteiger partial charge is 0.501 e. The van der Waals surface area contributed by atoms with E-state index < -0.39 is 0 Å². The Morgan fingerprint density at radius 2 is 1.17 bits per heavy atom. The molecule has 0 bridgehead atoms. The van der Waals surface area contributed by atoms with Crippen molar-refractivity contribution in [3.05, 3.63) is 223 Å². The van der Waals surface area contributed by atoms with Gasteiger partial charge in [-0.15, -0.1) is 48.0 Å². The number of aromatic nitrogens is 3. The predicted octanol–water partition coefficient (Wildman–Crippen LogP) is 16.3. The van der Waals surface area contributed by atoms with Gasteiger partial charge < -0.3 is 14.0 Å². The molecule has 0 N–H and O–H groups in total. The number of imidazole rings is 1. The number of fused-ring (bicyclic) bond motifs is 4. The van der Waals surface area contributed by atoms with Crippen LogP contribution < -0.4 is 0 Å². The molecule has 3 heterocycles. The number of hydrogen-bond acceptors (Lipinski definition) is 3. The Morgan fingerprint density at radius 1 is 0.561 bits per heavy atom. The van der Waals surface area contributed by atoms with Gasteiger partial charge in [0, 0.05) is 43.2 Å². The molecule has 0 aliphatic heterocycles. The molecule has 11 aromatic rings. The SMILES string of the molecule is CC(C)c1cc(-c2ccc(-c3ccccc3)cc2)cc(C(C)C)c1-n1c(-c2[c-]ccc3c2oc2cc(-c4ccccc4)ccc23)nc2ccccc21.Fc1c[c-]c(-c2ccccn2)cc1.[Ir]. The van der Waals surface area contributed by atoms with Crippen molar-refractivity contribution in [3.8, 4) is 61.7 Å². The Balaban J connectivity index is 0.000000337. The average molecular weight is 1040 g/mol. The van der Waals surface area contributed by atoms with E-state index in [1.807, 2.05) is 30.3 Å². The van der Waals surface area contributed by atoms with Crippen LogP contribution in [0.2, 0.25) is 0 Å². The van der Waals surface area contributed by atoms with E-state index in [1.54, 1.807) is 12.3 Å². The summed E-state index contributed by atoms with van der Waals surface area (Å²) in [6, 6.07) is 70.2. The fourth-order valence-electron chi connectivity index (χ4n) is 8.70. The van der Waals surface area contributed by atoms with Crippen LogP contribution in [0.5, 0.6) is 0 Å². The van der Waals surface area contributed by atoms with Crippen LogP contribution in [0.4, 0.5) is 4.39 Å². The van der Waals surface area contributed by atoms with Crippen molar-refractivity contribution < 1.29 is 28.9 Å². The summed E-state index contributed by atoms with van der Waals surface area (Å²) < 4.78 is 21.7. The summed E-state index contributed by atoms with van der Waals surface area (Å²) in [5.74, 6) is 1.07. The molecule has 8 aromatic carbocycles. The zero-order valence-corrected chi connectivity index (χ0v) is 39.5. The number of nitrogens with zero attached hydrogens (tertiary/aromatic N) is 3. The number of furan rings is 1. The van der Waals surface area contributed by atoms with Crippen molar-refractivity contribution >= 4 is 33.0 Å². The van der Waals surface area contributed by atoms with E-state index in [0.717, 1.165) is 66.7 Å². The molecular weight excluding hydrogens is 990 g/mol. The Bertz CT molecular complexity index is 3390. The minimum absolute atomic E-state index is 0. The average Bonchev–Trinajstić information content (AvgIpc) is 3.93. The molecular formula is C60H46FIrN3O-2. The molecule has 0 saturated heterocycles. The quantitative estimate of drug-likeness (QED) is 0.142. The Hall–Kier alpha value is -7.24. The van der Waals surface area contributed by atoms with Gasteiger partial charge in [0.25, 0.3) is 0 Å². The first-order valence-electron chi connectivity index (χ1n) is 22.1. The van der Waals surface area contributed by atoms with Gasteiger partial charge in [0.15, 0.2) is 0 Å². The van der Waals surface area contributed by atoms with Crippen LogP contribution in [0.25, 0.3) is 94.7 Å². The molecule has 0 saturated carbocycles. The topological polar surface area (TPSA) is 43.9 Å². The van der Waals surface area contributed by atoms with E-state index in [9.17, 15) is 4.39 Å². The van der Waals surface area contributed by atoms with E-state index in [-0.39, 0.29) is 37.8 Å². The molecule has 0 aliphatic carbocycles. The van der Waals surface area contributed by atoms with Crippen molar-refractivity contribution in [2.24, 2.45) is 0 Å². The maximum absolute atomic E-state index is 12.6. The molecule has 6 heteroatoms. The third-order valence-corrected chi connectivity index (χ3v) is 12.0. The molecule has 0 aliphatic rings. The Labute approximate surface area is 398 Å². The molecule has 66 heavy (non-hydrogen) atoms. The second-order valence-electron chi connectivity index (χ2n) is 16.9. The summed E-state index contributed by atoms with van der Waals surface area (Å²) in [4.78, 5) is 9.46. The van der Waals surface area contributed by atoms with Crippen molar-refractivity contribution in [2.45, 2.75) is 39.5 Å². The fraction of sp³-hybridized carbons (Fsp3) is 0.100. The smallest absolute Gasteiger partial charge is 0.121 e. The number of benzene rings is 8. The van der Waals surface area contributed by atoms with Crippen molar-refractivity contribution in [2.75, 3.05) is 0 Å².